The van der Waals surface area contributed by atoms with Crippen LogP contribution in [0, 0.1) is 6.92 Å². The van der Waals surface area contributed by atoms with Gasteiger partial charge in [0.2, 0.25) is 0 Å². The van der Waals surface area contributed by atoms with Gasteiger partial charge in [0.1, 0.15) is 5.75 Å². The summed E-state index contributed by atoms with van der Waals surface area (Å²) < 4.78 is 12.1. The van der Waals surface area contributed by atoms with Crippen molar-refractivity contribution in [3.05, 3.63) is 41.7 Å². The van der Waals surface area contributed by atoms with Gasteiger partial charge in [-0.25, -0.2) is 9.50 Å². The molecule has 2 aromatic heterocycles. The molecule has 1 fully saturated rings. The molecular formula is C18H19N5O3. The van der Waals surface area contributed by atoms with Crippen LogP contribution in [0.2, 0.25) is 0 Å². The number of amides is 1. The molecule has 3 aromatic rings. The number of hydrogen-bond acceptors (Lipinski definition) is 6. The third-order valence-electron chi connectivity index (χ3n) is 4.48. The highest BCUT2D eigenvalue weighted by Gasteiger charge is 2.22. The fraction of sp³-hybridized carbons (Fsp3) is 0.333. The van der Waals surface area contributed by atoms with E-state index in [-0.39, 0.29) is 5.91 Å². The minimum Gasteiger partial charge on any atom is -0.497 e. The van der Waals surface area contributed by atoms with Crippen molar-refractivity contribution in [1.29, 1.82) is 0 Å². The highest BCUT2D eigenvalue weighted by Crippen LogP contribution is 2.21. The van der Waals surface area contributed by atoms with E-state index in [2.05, 4.69) is 15.1 Å². The Hall–Kier alpha value is -3.00. The number of morpholine rings is 1. The Morgan fingerprint density at radius 2 is 1.92 bits per heavy atom. The Morgan fingerprint density at radius 3 is 2.62 bits per heavy atom. The predicted molar refractivity (Wildman–Crippen MR) is 94.2 cm³/mol. The molecule has 0 aliphatic carbocycles. The van der Waals surface area contributed by atoms with Gasteiger partial charge >= 0.3 is 0 Å². The number of aryl methyl sites for hydroxylation is 1. The van der Waals surface area contributed by atoms with Crippen LogP contribution < -0.4 is 4.74 Å². The molecule has 1 amide bonds. The summed E-state index contributed by atoms with van der Waals surface area (Å²) in [6.07, 6.45) is 1.58. The molecule has 0 radical (unpaired) electrons. The number of fused-ring (bicyclic) bond motifs is 1. The number of hydrogen-bond donors (Lipinski definition) is 0. The highest BCUT2D eigenvalue weighted by molar-refractivity contribution is 5.95. The average Bonchev–Trinajstić information content (AvgIpc) is 3.14. The molecule has 0 atom stereocenters. The first-order valence-electron chi connectivity index (χ1n) is 8.41. The summed E-state index contributed by atoms with van der Waals surface area (Å²) in [4.78, 5) is 23.3. The minimum absolute atomic E-state index is 0.0540. The lowest BCUT2D eigenvalue weighted by molar-refractivity contribution is 0.0301. The first kappa shape index (κ1) is 16.5. The summed E-state index contributed by atoms with van der Waals surface area (Å²) in [7, 11) is 1.62. The Labute approximate surface area is 150 Å². The molecule has 0 bridgehead atoms. The van der Waals surface area contributed by atoms with Crippen molar-refractivity contribution in [2.24, 2.45) is 0 Å². The zero-order valence-electron chi connectivity index (χ0n) is 14.7. The molecule has 1 aliphatic rings. The van der Waals surface area contributed by atoms with Gasteiger partial charge in [-0.15, -0.1) is 5.10 Å². The number of rotatable bonds is 3. The van der Waals surface area contributed by atoms with Crippen molar-refractivity contribution in [2.45, 2.75) is 6.92 Å². The number of benzene rings is 1. The number of methoxy groups -OCH3 is 1. The number of carbonyl (C=O) groups excluding carboxylic acids is 1. The third-order valence-corrected chi connectivity index (χ3v) is 4.48. The smallest absolute Gasteiger partial charge is 0.257 e. The second-order valence-corrected chi connectivity index (χ2v) is 6.04. The quantitative estimate of drug-likeness (QED) is 0.711. The molecule has 8 nitrogen and oxygen atoms in total. The van der Waals surface area contributed by atoms with Crippen molar-refractivity contribution in [1.82, 2.24) is 24.5 Å². The second-order valence-electron chi connectivity index (χ2n) is 6.04. The van der Waals surface area contributed by atoms with Crippen LogP contribution in [0.3, 0.4) is 0 Å². The molecule has 1 aromatic carbocycles. The molecule has 134 valence electrons. The van der Waals surface area contributed by atoms with Crippen LogP contribution in [0.1, 0.15) is 16.1 Å². The first-order valence-corrected chi connectivity index (χ1v) is 8.41. The fourth-order valence-corrected chi connectivity index (χ4v) is 2.95. The second kappa shape index (κ2) is 6.72. The lowest BCUT2D eigenvalue weighted by Gasteiger charge is -2.27. The molecule has 0 saturated carbocycles. The van der Waals surface area contributed by atoms with Crippen LogP contribution in [-0.4, -0.2) is 63.8 Å². The molecule has 0 N–H and O–H groups in total. The van der Waals surface area contributed by atoms with Crippen molar-refractivity contribution in [2.75, 3.05) is 33.4 Å². The van der Waals surface area contributed by atoms with Crippen molar-refractivity contribution in [3.8, 4) is 17.1 Å². The summed E-state index contributed by atoms with van der Waals surface area (Å²) in [5, 5.41) is 4.53. The molecule has 1 saturated heterocycles. The van der Waals surface area contributed by atoms with Gasteiger partial charge in [-0.3, -0.25) is 4.79 Å². The van der Waals surface area contributed by atoms with Crippen LogP contribution in [0.5, 0.6) is 5.75 Å². The Kier molecular flexibility index (Phi) is 4.26. The van der Waals surface area contributed by atoms with Gasteiger partial charge in [0.25, 0.3) is 11.7 Å². The molecule has 0 unspecified atom stereocenters. The molecule has 1 aliphatic heterocycles. The number of aromatic nitrogens is 4. The lowest BCUT2D eigenvalue weighted by atomic mass is 10.2. The van der Waals surface area contributed by atoms with Gasteiger partial charge < -0.3 is 14.4 Å². The van der Waals surface area contributed by atoms with Crippen molar-refractivity contribution >= 4 is 11.7 Å². The van der Waals surface area contributed by atoms with Gasteiger partial charge in [-0.2, -0.15) is 4.98 Å². The Balaban J connectivity index is 1.69. The maximum Gasteiger partial charge on any atom is 0.257 e. The van der Waals surface area contributed by atoms with E-state index in [1.807, 2.05) is 31.2 Å². The van der Waals surface area contributed by atoms with E-state index in [1.54, 1.807) is 22.7 Å². The van der Waals surface area contributed by atoms with Gasteiger partial charge in [-0.1, -0.05) is 0 Å². The summed E-state index contributed by atoms with van der Waals surface area (Å²) in [5.74, 6) is 1.73. The summed E-state index contributed by atoms with van der Waals surface area (Å²) >= 11 is 0. The van der Waals surface area contributed by atoms with E-state index in [9.17, 15) is 4.79 Å². The van der Waals surface area contributed by atoms with E-state index in [1.165, 1.54) is 0 Å². The van der Waals surface area contributed by atoms with E-state index >= 15 is 0 Å². The lowest BCUT2D eigenvalue weighted by Crippen LogP contribution is -2.41. The minimum atomic E-state index is -0.0540. The van der Waals surface area contributed by atoms with E-state index in [0.717, 1.165) is 17.0 Å². The van der Waals surface area contributed by atoms with E-state index < -0.39 is 0 Å². The SMILES string of the molecule is COc1ccc(-c2nc3ncc(C(=O)N4CCOCC4)c(C)n3n2)cc1. The molecular weight excluding hydrogens is 334 g/mol. The predicted octanol–water partition coefficient (Wildman–Crippen LogP) is 1.58. The van der Waals surface area contributed by atoms with Crippen LogP contribution in [0.25, 0.3) is 17.2 Å². The Bertz CT molecular complexity index is 945. The maximum atomic E-state index is 12.8. The first-order chi connectivity index (χ1) is 12.7. The van der Waals surface area contributed by atoms with Crippen LogP contribution in [0.15, 0.2) is 30.5 Å². The van der Waals surface area contributed by atoms with Gasteiger partial charge in [0, 0.05) is 24.8 Å². The zero-order valence-corrected chi connectivity index (χ0v) is 14.7. The molecule has 26 heavy (non-hydrogen) atoms. The van der Waals surface area contributed by atoms with Crippen LogP contribution in [-0.2, 0) is 4.74 Å². The van der Waals surface area contributed by atoms with Crippen LogP contribution >= 0.6 is 0 Å². The highest BCUT2D eigenvalue weighted by atomic mass is 16.5. The van der Waals surface area contributed by atoms with E-state index in [0.29, 0.717) is 43.5 Å². The molecule has 8 heteroatoms. The topological polar surface area (TPSA) is 81.9 Å². The standard InChI is InChI=1S/C18H19N5O3/c1-12-15(17(24)22-7-9-26-10-8-22)11-19-18-20-16(21-23(12)18)13-3-5-14(25-2)6-4-13/h3-6,11H,7-10H2,1-2H3. The van der Waals surface area contributed by atoms with Crippen LogP contribution in [0.4, 0.5) is 0 Å². The average molecular weight is 353 g/mol. The number of ether oxygens (including phenoxy) is 2. The molecule has 3 heterocycles. The third kappa shape index (κ3) is 2.88. The molecule has 0 spiro atoms. The summed E-state index contributed by atoms with van der Waals surface area (Å²) in [5.41, 5.74) is 2.11. The summed E-state index contributed by atoms with van der Waals surface area (Å²) in [6, 6.07) is 7.49. The van der Waals surface area contributed by atoms with Gasteiger partial charge in [0.15, 0.2) is 5.82 Å². The van der Waals surface area contributed by atoms with Gasteiger partial charge in [0.05, 0.1) is 31.6 Å². The van der Waals surface area contributed by atoms with Crippen molar-refractivity contribution < 1.29 is 14.3 Å². The molecule has 4 rings (SSSR count). The number of nitrogens with zero attached hydrogens (tertiary/aromatic N) is 5. The van der Waals surface area contributed by atoms with Crippen molar-refractivity contribution in [3.63, 3.8) is 0 Å². The van der Waals surface area contributed by atoms with E-state index in [4.69, 9.17) is 9.47 Å². The fourth-order valence-electron chi connectivity index (χ4n) is 2.95. The normalized spacial score (nSPS) is 14.6. The largest absolute Gasteiger partial charge is 0.497 e. The number of carbonyl (C=O) groups is 1. The maximum absolute atomic E-state index is 12.8. The monoisotopic (exact) mass is 353 g/mol. The zero-order chi connectivity index (χ0) is 18.1. The summed E-state index contributed by atoms with van der Waals surface area (Å²) in [6.45, 7) is 4.15. The Morgan fingerprint density at radius 1 is 1.19 bits per heavy atom. The van der Waals surface area contributed by atoms with Gasteiger partial charge in [-0.05, 0) is 31.2 Å².